The Bertz CT molecular complexity index is 1420. The first-order valence-electron chi connectivity index (χ1n) is 11.5. The van der Waals surface area contributed by atoms with Crippen molar-refractivity contribution in [3.05, 3.63) is 107 Å². The van der Waals surface area contributed by atoms with E-state index in [1.165, 1.54) is 0 Å². The molecule has 3 aliphatic heterocycles. The van der Waals surface area contributed by atoms with Gasteiger partial charge in [-0.05, 0) is 72.4 Å². The van der Waals surface area contributed by atoms with E-state index in [1.54, 1.807) is 24.4 Å². The summed E-state index contributed by atoms with van der Waals surface area (Å²) in [4.78, 5) is 39.6. The van der Waals surface area contributed by atoms with E-state index in [1.807, 2.05) is 42.6 Å². The summed E-state index contributed by atoms with van der Waals surface area (Å²) in [5, 5.41) is 3.07. The average Bonchev–Trinajstić information content (AvgIpc) is 3.20. The zero-order chi connectivity index (χ0) is 23.1. The van der Waals surface area contributed by atoms with Gasteiger partial charge in [0.05, 0.1) is 11.4 Å². The minimum atomic E-state index is -0.436. The van der Waals surface area contributed by atoms with Crippen LogP contribution in [-0.4, -0.2) is 34.3 Å². The number of carbonyl (C=O) groups excluding carboxylic acids is 2. The fourth-order valence-corrected chi connectivity index (χ4v) is 4.82. The van der Waals surface area contributed by atoms with Crippen LogP contribution in [0.4, 0.5) is 5.69 Å². The summed E-state index contributed by atoms with van der Waals surface area (Å²) in [6, 6.07) is 17.2. The van der Waals surface area contributed by atoms with Gasteiger partial charge in [0.15, 0.2) is 5.78 Å². The lowest BCUT2D eigenvalue weighted by Crippen LogP contribution is -2.34. The highest BCUT2D eigenvalue weighted by atomic mass is 16.1. The standard InChI is InChI=1S/C28H22N4O2/c33-26-11-10-23-20-13-18(15-29-16-20)14-22-21-6-1-2-7-24(21)31-27(22)32-28(34)19-5-3-4-17(12-19)8-9-25(26)30-23/h1-7,10-13,15-16,22,25H,8-9,14H2,(H,31,32,34). The van der Waals surface area contributed by atoms with E-state index in [9.17, 15) is 9.59 Å². The third-order valence-corrected chi connectivity index (χ3v) is 6.58. The number of para-hydroxylation sites is 1. The number of amidine groups is 1. The van der Waals surface area contributed by atoms with E-state index in [4.69, 9.17) is 9.98 Å². The highest BCUT2D eigenvalue weighted by molar-refractivity contribution is 6.15. The minimum absolute atomic E-state index is 0.00583. The Morgan fingerprint density at radius 1 is 0.882 bits per heavy atom. The van der Waals surface area contributed by atoms with Gasteiger partial charge in [0.25, 0.3) is 5.91 Å². The van der Waals surface area contributed by atoms with Crippen molar-refractivity contribution in [2.45, 2.75) is 31.2 Å². The highest BCUT2D eigenvalue weighted by Crippen LogP contribution is 2.36. The summed E-state index contributed by atoms with van der Waals surface area (Å²) in [5.74, 6) is 0.377. The van der Waals surface area contributed by atoms with Gasteiger partial charge in [-0.25, -0.2) is 4.99 Å². The molecule has 0 spiro atoms. The first-order chi connectivity index (χ1) is 16.6. The van der Waals surface area contributed by atoms with Crippen molar-refractivity contribution in [3.63, 3.8) is 0 Å². The van der Waals surface area contributed by atoms with Crippen molar-refractivity contribution in [3.8, 4) is 0 Å². The second-order valence-electron chi connectivity index (χ2n) is 8.85. The van der Waals surface area contributed by atoms with E-state index >= 15 is 0 Å². The SMILES string of the molecule is O=C1NC2=Nc3ccccc3C2Cc2cncc(c2)C2=NC(CCc3cccc1c3)C(=O)C=C2. The van der Waals surface area contributed by atoms with Crippen molar-refractivity contribution >= 4 is 28.9 Å². The predicted octanol–water partition coefficient (Wildman–Crippen LogP) is 4.12. The monoisotopic (exact) mass is 446 g/mol. The van der Waals surface area contributed by atoms with Crippen molar-refractivity contribution < 1.29 is 9.59 Å². The predicted molar refractivity (Wildman–Crippen MR) is 131 cm³/mol. The number of dihydropyridines is 1. The summed E-state index contributed by atoms with van der Waals surface area (Å²) in [6.45, 7) is 0. The lowest BCUT2D eigenvalue weighted by molar-refractivity contribution is -0.115. The van der Waals surface area contributed by atoms with Gasteiger partial charge in [0.1, 0.15) is 11.9 Å². The van der Waals surface area contributed by atoms with Crippen LogP contribution < -0.4 is 5.32 Å². The molecule has 6 bridgehead atoms. The highest BCUT2D eigenvalue weighted by Gasteiger charge is 2.29. The number of carbonyl (C=O) groups is 2. The second-order valence-corrected chi connectivity index (χ2v) is 8.85. The van der Waals surface area contributed by atoms with E-state index < -0.39 is 6.04 Å². The van der Waals surface area contributed by atoms with Crippen LogP contribution >= 0.6 is 0 Å². The van der Waals surface area contributed by atoms with Crippen LogP contribution in [0.5, 0.6) is 0 Å². The van der Waals surface area contributed by atoms with Gasteiger partial charge in [-0.1, -0.05) is 30.3 Å². The molecule has 4 heterocycles. The maximum absolute atomic E-state index is 13.2. The Labute approximate surface area is 197 Å². The number of amides is 1. The molecule has 0 saturated heterocycles. The number of allylic oxidation sites excluding steroid dienone is 1. The molecular formula is C28H22N4O2. The number of ketones is 1. The van der Waals surface area contributed by atoms with Crippen molar-refractivity contribution in [2.24, 2.45) is 9.98 Å². The number of aromatic nitrogens is 1. The van der Waals surface area contributed by atoms with Gasteiger partial charge in [-0.3, -0.25) is 19.6 Å². The van der Waals surface area contributed by atoms with Gasteiger partial charge < -0.3 is 5.32 Å². The van der Waals surface area contributed by atoms with Gasteiger partial charge in [0, 0.05) is 29.4 Å². The molecule has 1 amide bonds. The molecule has 6 nitrogen and oxygen atoms in total. The molecule has 34 heavy (non-hydrogen) atoms. The van der Waals surface area contributed by atoms with Crippen LogP contribution in [0.15, 0.2) is 89.1 Å². The number of nitrogens with zero attached hydrogens (tertiary/aromatic N) is 3. The molecule has 0 radical (unpaired) electrons. The third kappa shape index (κ3) is 3.77. The summed E-state index contributed by atoms with van der Waals surface area (Å²) >= 11 is 0. The fraction of sp³-hybridized carbons (Fsp3) is 0.179. The van der Waals surface area contributed by atoms with Crippen LogP contribution in [0.2, 0.25) is 0 Å². The lowest BCUT2D eigenvalue weighted by Gasteiger charge is -2.18. The van der Waals surface area contributed by atoms with E-state index in [0.717, 1.165) is 33.7 Å². The summed E-state index contributed by atoms with van der Waals surface area (Å²) < 4.78 is 0. The van der Waals surface area contributed by atoms with Crippen LogP contribution in [0.25, 0.3) is 0 Å². The molecule has 6 heteroatoms. The summed E-state index contributed by atoms with van der Waals surface area (Å²) in [7, 11) is 0. The lowest BCUT2D eigenvalue weighted by atomic mass is 9.91. The Hall–Kier alpha value is -4.19. The Morgan fingerprint density at radius 3 is 2.71 bits per heavy atom. The number of rotatable bonds is 0. The van der Waals surface area contributed by atoms with Gasteiger partial charge >= 0.3 is 0 Å². The second kappa shape index (κ2) is 8.30. The maximum atomic E-state index is 13.2. The molecule has 2 aromatic carbocycles. The van der Waals surface area contributed by atoms with Crippen LogP contribution in [0.3, 0.4) is 0 Å². The number of hydrogen-bond donors (Lipinski definition) is 1. The number of nitrogens with one attached hydrogen (secondary N) is 1. The van der Waals surface area contributed by atoms with Crippen molar-refractivity contribution in [1.82, 2.24) is 10.3 Å². The molecule has 2 atom stereocenters. The third-order valence-electron chi connectivity index (χ3n) is 6.58. The summed E-state index contributed by atoms with van der Waals surface area (Å²) in [5.41, 5.74) is 6.20. The zero-order valence-electron chi connectivity index (χ0n) is 18.4. The molecule has 0 saturated carbocycles. The van der Waals surface area contributed by atoms with E-state index in [2.05, 4.69) is 22.4 Å². The molecule has 3 aliphatic rings. The largest absolute Gasteiger partial charge is 0.310 e. The Morgan fingerprint density at radius 2 is 1.76 bits per heavy atom. The molecule has 2 unspecified atom stereocenters. The van der Waals surface area contributed by atoms with Gasteiger partial charge in [0.2, 0.25) is 0 Å². The van der Waals surface area contributed by atoms with Crippen LogP contribution in [0, 0.1) is 0 Å². The van der Waals surface area contributed by atoms with Gasteiger partial charge in [-0.15, -0.1) is 0 Å². The number of benzene rings is 2. The minimum Gasteiger partial charge on any atom is -0.310 e. The normalized spacial score (nSPS) is 21.2. The average molecular weight is 447 g/mol. The molecule has 0 aliphatic carbocycles. The molecular weight excluding hydrogens is 424 g/mol. The topological polar surface area (TPSA) is 83.8 Å². The van der Waals surface area contributed by atoms with Crippen molar-refractivity contribution in [2.75, 3.05) is 0 Å². The molecule has 1 aromatic heterocycles. The van der Waals surface area contributed by atoms with Crippen molar-refractivity contribution in [1.29, 1.82) is 0 Å². The molecule has 166 valence electrons. The first-order valence-corrected chi connectivity index (χ1v) is 11.5. The summed E-state index contributed by atoms with van der Waals surface area (Å²) in [6.07, 6.45) is 8.88. The number of aliphatic imine (C=N–C) groups is 2. The number of fused-ring (bicyclic) bond motifs is 9. The number of aryl methyl sites for hydroxylation is 1. The van der Waals surface area contributed by atoms with E-state index in [0.29, 0.717) is 30.7 Å². The molecule has 1 N–H and O–H groups in total. The first kappa shape index (κ1) is 20.4. The van der Waals surface area contributed by atoms with E-state index in [-0.39, 0.29) is 17.6 Å². The zero-order valence-corrected chi connectivity index (χ0v) is 18.4. The van der Waals surface area contributed by atoms with Crippen LogP contribution in [0.1, 0.15) is 45.0 Å². The maximum Gasteiger partial charge on any atom is 0.256 e. The molecule has 3 aromatic rings. The quantitative estimate of drug-likeness (QED) is 0.564. The molecule has 0 fully saturated rings. The Kier molecular flexibility index (Phi) is 4.99. The Balaban J connectivity index is 1.46. The fourth-order valence-electron chi connectivity index (χ4n) is 4.82. The van der Waals surface area contributed by atoms with Gasteiger partial charge in [-0.2, -0.15) is 0 Å². The number of hydrogen-bond acceptors (Lipinski definition) is 5. The smallest absolute Gasteiger partial charge is 0.256 e. The number of pyridine rings is 1. The van der Waals surface area contributed by atoms with Crippen LogP contribution in [-0.2, 0) is 17.6 Å². The molecule has 6 rings (SSSR count).